The summed E-state index contributed by atoms with van der Waals surface area (Å²) in [6.45, 7) is 3.03. The molecule has 0 heterocycles. The number of unbranched alkanes of at least 4 members (excludes halogenated alkanes) is 1. The summed E-state index contributed by atoms with van der Waals surface area (Å²) < 4.78 is 40.9. The van der Waals surface area contributed by atoms with E-state index in [1.807, 2.05) is 0 Å². The maximum Gasteiger partial charge on any atom is 0.573 e. The summed E-state index contributed by atoms with van der Waals surface area (Å²) >= 11 is 0. The van der Waals surface area contributed by atoms with E-state index in [0.717, 1.165) is 19.4 Å². The molecular formula is C14H20F3N3O. The van der Waals surface area contributed by atoms with E-state index in [1.165, 1.54) is 12.1 Å². The van der Waals surface area contributed by atoms with Crippen molar-refractivity contribution in [3.63, 3.8) is 0 Å². The van der Waals surface area contributed by atoms with Crippen LogP contribution in [0, 0.1) is 0 Å². The molecule has 0 fully saturated rings. The van der Waals surface area contributed by atoms with Gasteiger partial charge in [0.15, 0.2) is 5.96 Å². The van der Waals surface area contributed by atoms with Gasteiger partial charge in [-0.25, -0.2) is 0 Å². The minimum absolute atomic E-state index is 0.193. The van der Waals surface area contributed by atoms with E-state index in [0.29, 0.717) is 11.5 Å². The number of benzene rings is 1. The van der Waals surface area contributed by atoms with Gasteiger partial charge in [-0.05, 0) is 12.5 Å². The van der Waals surface area contributed by atoms with Gasteiger partial charge in [0.2, 0.25) is 0 Å². The van der Waals surface area contributed by atoms with Crippen LogP contribution in [0.15, 0.2) is 29.3 Å². The van der Waals surface area contributed by atoms with Gasteiger partial charge in [-0.2, -0.15) is 0 Å². The molecule has 118 valence electrons. The fourth-order valence-electron chi connectivity index (χ4n) is 1.66. The third-order valence-corrected chi connectivity index (χ3v) is 2.69. The van der Waals surface area contributed by atoms with Gasteiger partial charge in [-0.1, -0.05) is 31.5 Å². The second-order valence-corrected chi connectivity index (χ2v) is 4.36. The predicted molar refractivity (Wildman–Crippen MR) is 76.2 cm³/mol. The maximum absolute atomic E-state index is 12.3. The second-order valence-electron chi connectivity index (χ2n) is 4.36. The first-order chi connectivity index (χ1) is 9.96. The number of halogens is 3. The number of ether oxygens (including phenoxy) is 1. The van der Waals surface area contributed by atoms with Gasteiger partial charge >= 0.3 is 6.36 Å². The molecule has 1 aromatic rings. The summed E-state index contributed by atoms with van der Waals surface area (Å²) in [7, 11) is 1.61. The molecule has 0 saturated carbocycles. The van der Waals surface area contributed by atoms with E-state index < -0.39 is 6.36 Å². The van der Waals surface area contributed by atoms with E-state index in [-0.39, 0.29) is 12.3 Å². The molecule has 0 radical (unpaired) electrons. The lowest BCUT2D eigenvalue weighted by molar-refractivity contribution is -0.274. The first kappa shape index (κ1) is 17.1. The molecule has 0 atom stereocenters. The fourth-order valence-corrected chi connectivity index (χ4v) is 1.66. The number of rotatable bonds is 6. The molecule has 7 heteroatoms. The third kappa shape index (κ3) is 6.87. The number of hydrogen-bond donors (Lipinski definition) is 2. The Morgan fingerprint density at radius 1 is 1.24 bits per heavy atom. The van der Waals surface area contributed by atoms with Crippen molar-refractivity contribution in [2.75, 3.05) is 13.6 Å². The summed E-state index contributed by atoms with van der Waals surface area (Å²) in [4.78, 5) is 4.01. The van der Waals surface area contributed by atoms with Crippen LogP contribution in [0.2, 0.25) is 0 Å². The van der Waals surface area contributed by atoms with Gasteiger partial charge in [0.1, 0.15) is 5.75 Å². The first-order valence-electron chi connectivity index (χ1n) is 6.74. The second kappa shape index (κ2) is 8.39. The standard InChI is InChI=1S/C14H20F3N3O/c1-3-4-9-19-13(18-2)20-10-11-7-5-6-8-12(11)21-14(15,16)17/h5-8H,3-4,9-10H2,1-2H3,(H2,18,19,20). The summed E-state index contributed by atoms with van der Waals surface area (Å²) in [6, 6.07) is 6.03. The molecule has 0 aromatic heterocycles. The molecule has 1 aromatic carbocycles. The molecule has 0 saturated heterocycles. The SMILES string of the molecule is CCCCNC(=NC)NCc1ccccc1OC(F)(F)F. The Bertz CT molecular complexity index is 461. The largest absolute Gasteiger partial charge is 0.573 e. The molecule has 0 bridgehead atoms. The molecule has 21 heavy (non-hydrogen) atoms. The van der Waals surface area contributed by atoms with Crippen molar-refractivity contribution in [3.05, 3.63) is 29.8 Å². The summed E-state index contributed by atoms with van der Waals surface area (Å²) in [5.74, 6) is 0.340. The van der Waals surface area contributed by atoms with Gasteiger partial charge in [-0.3, -0.25) is 4.99 Å². The number of hydrogen-bond acceptors (Lipinski definition) is 2. The lowest BCUT2D eigenvalue weighted by Gasteiger charge is -2.15. The minimum Gasteiger partial charge on any atom is -0.405 e. The lowest BCUT2D eigenvalue weighted by atomic mass is 10.2. The van der Waals surface area contributed by atoms with Crippen LogP contribution in [-0.4, -0.2) is 25.9 Å². The molecule has 0 unspecified atom stereocenters. The summed E-state index contributed by atoms with van der Waals surface area (Å²) in [5.41, 5.74) is 0.410. The van der Waals surface area contributed by atoms with E-state index in [9.17, 15) is 13.2 Å². The summed E-state index contributed by atoms with van der Waals surface area (Å²) in [5, 5.41) is 6.05. The molecule has 0 spiro atoms. The Balaban J connectivity index is 2.62. The van der Waals surface area contributed by atoms with Crippen molar-refractivity contribution < 1.29 is 17.9 Å². The zero-order chi connectivity index (χ0) is 15.7. The first-order valence-corrected chi connectivity index (χ1v) is 6.74. The Hall–Kier alpha value is -1.92. The van der Waals surface area contributed by atoms with Crippen molar-refractivity contribution in [1.82, 2.24) is 10.6 Å². The van der Waals surface area contributed by atoms with Crippen molar-refractivity contribution in [2.24, 2.45) is 4.99 Å². The van der Waals surface area contributed by atoms with Crippen LogP contribution in [0.3, 0.4) is 0 Å². The average molecular weight is 303 g/mol. The maximum atomic E-state index is 12.3. The zero-order valence-electron chi connectivity index (χ0n) is 12.1. The number of nitrogens with one attached hydrogen (secondary N) is 2. The van der Waals surface area contributed by atoms with Gasteiger partial charge in [0, 0.05) is 25.7 Å². The van der Waals surface area contributed by atoms with E-state index in [1.54, 1.807) is 19.2 Å². The molecule has 0 aliphatic carbocycles. The van der Waals surface area contributed by atoms with E-state index >= 15 is 0 Å². The number of alkyl halides is 3. The van der Waals surface area contributed by atoms with Gasteiger partial charge in [0.05, 0.1) is 0 Å². The highest BCUT2D eigenvalue weighted by Gasteiger charge is 2.31. The van der Waals surface area contributed by atoms with Crippen LogP contribution >= 0.6 is 0 Å². The Labute approximate surface area is 122 Å². The monoisotopic (exact) mass is 303 g/mol. The molecule has 0 amide bonds. The van der Waals surface area contributed by atoms with E-state index in [2.05, 4.69) is 27.3 Å². The molecule has 2 N–H and O–H groups in total. The minimum atomic E-state index is -4.70. The number of guanidine groups is 1. The summed E-state index contributed by atoms with van der Waals surface area (Å²) in [6.07, 6.45) is -2.65. The Morgan fingerprint density at radius 2 is 1.95 bits per heavy atom. The topological polar surface area (TPSA) is 45.7 Å². The number of nitrogens with zero attached hydrogens (tertiary/aromatic N) is 1. The van der Waals surface area contributed by atoms with Crippen LogP contribution in [0.1, 0.15) is 25.3 Å². The highest BCUT2D eigenvalue weighted by Crippen LogP contribution is 2.25. The Kier molecular flexibility index (Phi) is 6.84. The van der Waals surface area contributed by atoms with Gasteiger partial charge in [-0.15, -0.1) is 13.2 Å². The predicted octanol–water partition coefficient (Wildman–Crippen LogP) is 3.05. The van der Waals surface area contributed by atoms with Crippen molar-refractivity contribution in [3.8, 4) is 5.75 Å². The van der Waals surface area contributed by atoms with E-state index in [4.69, 9.17) is 0 Å². The average Bonchev–Trinajstić information content (AvgIpc) is 2.42. The molecular weight excluding hydrogens is 283 g/mol. The number of aliphatic imine (C=N–C) groups is 1. The zero-order valence-corrected chi connectivity index (χ0v) is 12.1. The third-order valence-electron chi connectivity index (χ3n) is 2.69. The quantitative estimate of drug-likeness (QED) is 0.482. The van der Waals surface area contributed by atoms with Crippen LogP contribution in [0.25, 0.3) is 0 Å². The molecule has 1 rings (SSSR count). The highest BCUT2D eigenvalue weighted by atomic mass is 19.4. The molecule has 0 aliphatic rings. The highest BCUT2D eigenvalue weighted by molar-refractivity contribution is 5.79. The van der Waals surface area contributed by atoms with Crippen molar-refractivity contribution in [1.29, 1.82) is 0 Å². The van der Waals surface area contributed by atoms with Crippen molar-refractivity contribution in [2.45, 2.75) is 32.7 Å². The lowest BCUT2D eigenvalue weighted by Crippen LogP contribution is -2.37. The van der Waals surface area contributed by atoms with Crippen LogP contribution < -0.4 is 15.4 Å². The van der Waals surface area contributed by atoms with Gasteiger partial charge < -0.3 is 15.4 Å². The number of para-hydroxylation sites is 1. The van der Waals surface area contributed by atoms with Crippen LogP contribution in [0.4, 0.5) is 13.2 Å². The fraction of sp³-hybridized carbons (Fsp3) is 0.500. The van der Waals surface area contributed by atoms with Crippen LogP contribution in [0.5, 0.6) is 5.75 Å². The van der Waals surface area contributed by atoms with Crippen molar-refractivity contribution >= 4 is 5.96 Å². The normalized spacial score (nSPS) is 12.1. The molecule has 4 nitrogen and oxygen atoms in total. The Morgan fingerprint density at radius 3 is 2.57 bits per heavy atom. The smallest absolute Gasteiger partial charge is 0.405 e. The van der Waals surface area contributed by atoms with Gasteiger partial charge in [0.25, 0.3) is 0 Å². The molecule has 0 aliphatic heterocycles. The van der Waals surface area contributed by atoms with Crippen LogP contribution in [-0.2, 0) is 6.54 Å².